The number of amides is 2. The second-order valence-corrected chi connectivity index (χ2v) is 10.6. The molecule has 37 heavy (non-hydrogen) atoms. The van der Waals surface area contributed by atoms with Crippen molar-refractivity contribution in [2.24, 2.45) is 0 Å². The fourth-order valence-corrected chi connectivity index (χ4v) is 6.13. The van der Waals surface area contributed by atoms with Crippen LogP contribution in [0.3, 0.4) is 0 Å². The van der Waals surface area contributed by atoms with E-state index in [1.807, 2.05) is 79.9 Å². The highest BCUT2D eigenvalue weighted by Crippen LogP contribution is 2.43. The number of aryl methyl sites for hydroxylation is 2. The Morgan fingerprint density at radius 2 is 1.81 bits per heavy atom. The van der Waals surface area contributed by atoms with Crippen molar-refractivity contribution in [3.63, 3.8) is 0 Å². The summed E-state index contributed by atoms with van der Waals surface area (Å²) in [4.78, 5) is 27.1. The predicted octanol–water partition coefficient (Wildman–Crippen LogP) is 6.33. The number of carbonyl (C=O) groups excluding carboxylic acids is 2. The molecule has 0 saturated carbocycles. The molecular weight excluding hydrogens is 500 g/mol. The molecule has 2 aromatic carbocycles. The number of hydrogen-bond acceptors (Lipinski definition) is 6. The predicted molar refractivity (Wildman–Crippen MR) is 152 cm³/mol. The van der Waals surface area contributed by atoms with Crippen LogP contribution in [0.2, 0.25) is 0 Å². The molecule has 1 atom stereocenters. The summed E-state index contributed by atoms with van der Waals surface area (Å²) >= 11 is 2.79. The average molecular weight is 529 g/mol. The van der Waals surface area contributed by atoms with E-state index in [9.17, 15) is 14.9 Å². The van der Waals surface area contributed by atoms with Crippen LogP contribution >= 0.6 is 23.1 Å². The Labute approximate surface area is 225 Å². The summed E-state index contributed by atoms with van der Waals surface area (Å²) in [6.07, 6.45) is 0.885. The third-order valence-electron chi connectivity index (χ3n) is 6.05. The molecule has 1 aromatic heterocycles. The molecule has 2 amide bonds. The number of hydrogen-bond donors (Lipinski definition) is 3. The Kier molecular flexibility index (Phi) is 8.49. The molecule has 0 bridgehead atoms. The minimum Gasteiger partial charge on any atom is -0.353 e. The molecule has 1 aliphatic rings. The number of allylic oxidation sites excluding steroid dienone is 2. The maximum absolute atomic E-state index is 13.5. The average Bonchev–Trinajstić information content (AvgIpc) is 3.32. The zero-order valence-corrected chi connectivity index (χ0v) is 22.6. The van der Waals surface area contributed by atoms with Gasteiger partial charge in [0.15, 0.2) is 0 Å². The van der Waals surface area contributed by atoms with Crippen LogP contribution in [0.15, 0.2) is 87.9 Å². The van der Waals surface area contributed by atoms with Crippen LogP contribution in [-0.2, 0) is 16.0 Å². The normalized spacial score (nSPS) is 15.1. The molecule has 3 N–H and O–H groups in total. The molecule has 0 spiro atoms. The number of nitrogens with zero attached hydrogens (tertiary/aromatic N) is 1. The lowest BCUT2D eigenvalue weighted by Crippen LogP contribution is -2.31. The van der Waals surface area contributed by atoms with Crippen molar-refractivity contribution in [1.29, 1.82) is 5.26 Å². The van der Waals surface area contributed by atoms with Crippen LogP contribution in [0.25, 0.3) is 0 Å². The van der Waals surface area contributed by atoms with Gasteiger partial charge < -0.3 is 16.0 Å². The highest BCUT2D eigenvalue weighted by molar-refractivity contribution is 8.03. The summed E-state index contributed by atoms with van der Waals surface area (Å²) in [7, 11) is 0. The number of benzene rings is 2. The largest absolute Gasteiger partial charge is 0.353 e. The van der Waals surface area contributed by atoms with Crippen molar-refractivity contribution < 1.29 is 9.59 Å². The lowest BCUT2D eigenvalue weighted by Gasteiger charge is -2.29. The fourth-order valence-electron chi connectivity index (χ4n) is 4.19. The monoisotopic (exact) mass is 528 g/mol. The number of para-hydroxylation sites is 1. The molecule has 0 saturated heterocycles. The second kappa shape index (κ2) is 12.0. The topological polar surface area (TPSA) is 94.0 Å². The molecule has 1 aliphatic heterocycles. The summed E-state index contributed by atoms with van der Waals surface area (Å²) in [5.74, 6) is -0.831. The van der Waals surface area contributed by atoms with Crippen molar-refractivity contribution in [3.8, 4) is 6.07 Å². The Hall–Kier alpha value is -3.80. The van der Waals surface area contributed by atoms with E-state index in [2.05, 4.69) is 28.9 Å². The van der Waals surface area contributed by atoms with Crippen LogP contribution in [0, 0.1) is 18.3 Å². The fraction of sp³-hybridized carbons (Fsp3) is 0.207. The highest BCUT2D eigenvalue weighted by atomic mass is 32.2. The van der Waals surface area contributed by atoms with Gasteiger partial charge in [0, 0.05) is 27.5 Å². The molecule has 6 nitrogen and oxygen atoms in total. The molecule has 8 heteroatoms. The van der Waals surface area contributed by atoms with Crippen LogP contribution in [-0.4, -0.2) is 17.6 Å². The minimum atomic E-state index is -0.526. The first-order chi connectivity index (χ1) is 17.9. The van der Waals surface area contributed by atoms with E-state index in [1.54, 1.807) is 0 Å². The van der Waals surface area contributed by atoms with Crippen molar-refractivity contribution >= 4 is 46.3 Å². The van der Waals surface area contributed by atoms with E-state index in [-0.39, 0.29) is 17.6 Å². The van der Waals surface area contributed by atoms with Gasteiger partial charge in [-0.1, -0.05) is 49.0 Å². The first-order valence-corrected chi connectivity index (χ1v) is 13.8. The van der Waals surface area contributed by atoms with Gasteiger partial charge in [0.05, 0.1) is 28.3 Å². The number of thioether (sulfide) groups is 1. The molecule has 0 fully saturated rings. The maximum atomic E-state index is 13.5. The smallest absolute Gasteiger partial charge is 0.254 e. The molecule has 0 aliphatic carbocycles. The summed E-state index contributed by atoms with van der Waals surface area (Å²) in [6.45, 7) is 5.88. The molecular formula is C29H28N4O2S2. The van der Waals surface area contributed by atoms with E-state index >= 15 is 0 Å². The molecule has 3 aromatic rings. The van der Waals surface area contributed by atoms with E-state index < -0.39 is 5.92 Å². The Balaban J connectivity index is 1.60. The molecule has 188 valence electrons. The highest BCUT2D eigenvalue weighted by Gasteiger charge is 2.36. The number of dihydropyridines is 1. The van der Waals surface area contributed by atoms with E-state index in [0.717, 1.165) is 28.1 Å². The minimum absolute atomic E-state index is 0.124. The van der Waals surface area contributed by atoms with Gasteiger partial charge in [-0.2, -0.15) is 5.26 Å². The summed E-state index contributed by atoms with van der Waals surface area (Å²) in [5.41, 5.74) is 5.17. The maximum Gasteiger partial charge on any atom is 0.254 e. The van der Waals surface area contributed by atoms with Crippen LogP contribution in [0.5, 0.6) is 0 Å². The third kappa shape index (κ3) is 6.13. The Bertz CT molecular complexity index is 1420. The van der Waals surface area contributed by atoms with Gasteiger partial charge in [-0.05, 0) is 67.1 Å². The molecule has 4 rings (SSSR count). The third-order valence-corrected chi connectivity index (χ3v) is 8.16. The lowest BCUT2D eigenvalue weighted by atomic mass is 9.85. The van der Waals surface area contributed by atoms with Crippen molar-refractivity contribution in [2.45, 2.75) is 33.1 Å². The number of nitrogens with one attached hydrogen (secondary N) is 3. The van der Waals surface area contributed by atoms with Crippen molar-refractivity contribution in [3.05, 3.63) is 104 Å². The lowest BCUT2D eigenvalue weighted by molar-refractivity contribution is -0.114. The summed E-state index contributed by atoms with van der Waals surface area (Å²) in [6, 6.07) is 21.3. The van der Waals surface area contributed by atoms with Crippen LogP contribution < -0.4 is 16.0 Å². The Morgan fingerprint density at radius 1 is 1.05 bits per heavy atom. The van der Waals surface area contributed by atoms with Gasteiger partial charge in [0.25, 0.3) is 5.91 Å². The van der Waals surface area contributed by atoms with Gasteiger partial charge >= 0.3 is 0 Å². The number of rotatable bonds is 8. The van der Waals surface area contributed by atoms with Gasteiger partial charge in [-0.25, -0.2) is 0 Å². The SMILES string of the molecule is CCc1cccc(NC(=O)CSC2=C(C#N)C(c3sccc3C)C(C(=O)Nc3ccccc3)=C(C)N2)c1. The second-order valence-electron chi connectivity index (χ2n) is 8.63. The Morgan fingerprint density at radius 3 is 2.49 bits per heavy atom. The first-order valence-electron chi connectivity index (χ1n) is 11.9. The number of thiophene rings is 1. The van der Waals surface area contributed by atoms with E-state index in [1.165, 1.54) is 23.1 Å². The van der Waals surface area contributed by atoms with Crippen LogP contribution in [0.1, 0.15) is 35.8 Å². The zero-order valence-electron chi connectivity index (χ0n) is 20.9. The standard InChI is InChI=1S/C29H28N4O2S2/c1-4-20-9-8-12-22(15-20)32-24(34)17-37-29-23(16-30)26(27-18(2)13-14-36-27)25(19(3)31-29)28(35)33-21-10-6-5-7-11-21/h5-15,26,31H,4,17H2,1-3H3,(H,32,34)(H,33,35). The van der Waals surface area contributed by atoms with Crippen LogP contribution in [0.4, 0.5) is 11.4 Å². The molecule has 2 heterocycles. The van der Waals surface area contributed by atoms with Gasteiger partial charge in [0.2, 0.25) is 5.91 Å². The first kappa shape index (κ1) is 26.3. The van der Waals surface area contributed by atoms with E-state index in [4.69, 9.17) is 0 Å². The number of anilines is 2. The van der Waals surface area contributed by atoms with Gasteiger partial charge in [-0.15, -0.1) is 11.3 Å². The van der Waals surface area contributed by atoms with Crippen molar-refractivity contribution in [2.75, 3.05) is 16.4 Å². The molecule has 0 radical (unpaired) electrons. The molecule has 1 unspecified atom stereocenters. The summed E-state index contributed by atoms with van der Waals surface area (Å²) < 4.78 is 0. The summed E-state index contributed by atoms with van der Waals surface area (Å²) in [5, 5.41) is 21.9. The van der Waals surface area contributed by atoms with Gasteiger partial charge in [0.1, 0.15) is 0 Å². The zero-order chi connectivity index (χ0) is 26.4. The quantitative estimate of drug-likeness (QED) is 0.318. The van der Waals surface area contributed by atoms with Crippen molar-refractivity contribution in [1.82, 2.24) is 5.32 Å². The number of carbonyl (C=O) groups is 2. The van der Waals surface area contributed by atoms with E-state index in [0.29, 0.717) is 27.6 Å². The van der Waals surface area contributed by atoms with Gasteiger partial charge in [-0.3, -0.25) is 9.59 Å². The number of nitriles is 1.